The highest BCUT2D eigenvalue weighted by Crippen LogP contribution is 2.44. The van der Waals surface area contributed by atoms with Crippen LogP contribution in [0.2, 0.25) is 0 Å². The van der Waals surface area contributed by atoms with Gasteiger partial charge in [0.25, 0.3) is 0 Å². The van der Waals surface area contributed by atoms with E-state index in [1.54, 1.807) is 6.07 Å². The topological polar surface area (TPSA) is 46.5 Å². The van der Waals surface area contributed by atoms with E-state index >= 15 is 0 Å². The predicted octanol–water partition coefficient (Wildman–Crippen LogP) is 2.76. The van der Waals surface area contributed by atoms with Gasteiger partial charge in [-0.05, 0) is 35.6 Å². The molecule has 0 bridgehead atoms. The molecule has 1 aliphatic carbocycles. The van der Waals surface area contributed by atoms with Crippen LogP contribution < -0.4 is 0 Å². The first-order valence-electron chi connectivity index (χ1n) is 6.54. The van der Waals surface area contributed by atoms with Gasteiger partial charge < -0.3 is 9.84 Å². The van der Waals surface area contributed by atoms with E-state index in [2.05, 4.69) is 0 Å². The number of rotatable bonds is 2. The lowest BCUT2D eigenvalue weighted by Crippen LogP contribution is -2.46. The van der Waals surface area contributed by atoms with Gasteiger partial charge in [-0.3, -0.25) is 4.79 Å². The van der Waals surface area contributed by atoms with Gasteiger partial charge in [-0.1, -0.05) is 19.9 Å². The van der Waals surface area contributed by atoms with E-state index in [0.29, 0.717) is 12.8 Å². The quantitative estimate of drug-likeness (QED) is 0.661. The molecule has 0 fully saturated rings. The van der Waals surface area contributed by atoms with Gasteiger partial charge in [0.1, 0.15) is 5.82 Å². The summed E-state index contributed by atoms with van der Waals surface area (Å²) < 4.78 is 18.4. The van der Waals surface area contributed by atoms with Crippen molar-refractivity contribution in [2.24, 2.45) is 5.92 Å². The molecule has 104 valence electrons. The molecule has 2 unspecified atom stereocenters. The highest BCUT2D eigenvalue weighted by molar-refractivity contribution is 5.66. The monoisotopic (exact) mass is 266 g/mol. The van der Waals surface area contributed by atoms with Crippen molar-refractivity contribution in [3.05, 3.63) is 35.1 Å². The Morgan fingerprint density at radius 1 is 1.53 bits per heavy atom. The van der Waals surface area contributed by atoms with Gasteiger partial charge in [-0.2, -0.15) is 0 Å². The second-order valence-corrected chi connectivity index (χ2v) is 5.50. The second-order valence-electron chi connectivity index (χ2n) is 5.50. The maximum atomic E-state index is 13.3. The van der Waals surface area contributed by atoms with Gasteiger partial charge in [0.2, 0.25) is 5.79 Å². The number of carbonyl (C=O) groups is 1. The average molecular weight is 266 g/mol. The smallest absolute Gasteiger partial charge is 0.305 e. The van der Waals surface area contributed by atoms with E-state index < -0.39 is 11.8 Å². The number of fused-ring (bicyclic) bond motifs is 1. The van der Waals surface area contributed by atoms with E-state index in [1.165, 1.54) is 19.1 Å². The van der Waals surface area contributed by atoms with E-state index in [1.807, 2.05) is 13.8 Å². The summed E-state index contributed by atoms with van der Waals surface area (Å²) >= 11 is 0. The Labute approximate surface area is 112 Å². The zero-order valence-electron chi connectivity index (χ0n) is 11.4. The Kier molecular flexibility index (Phi) is 3.63. The average Bonchev–Trinajstić information content (AvgIpc) is 2.27. The summed E-state index contributed by atoms with van der Waals surface area (Å²) in [5.74, 6) is -2.53. The molecule has 0 aliphatic heterocycles. The molecule has 0 saturated carbocycles. The summed E-state index contributed by atoms with van der Waals surface area (Å²) in [6.45, 7) is 5.20. The molecular weight excluding hydrogens is 247 g/mol. The van der Waals surface area contributed by atoms with Gasteiger partial charge >= 0.3 is 5.97 Å². The summed E-state index contributed by atoms with van der Waals surface area (Å²) in [4.78, 5) is 11.2. The Morgan fingerprint density at radius 3 is 2.79 bits per heavy atom. The van der Waals surface area contributed by atoms with E-state index in [4.69, 9.17) is 4.74 Å². The minimum Gasteiger partial charge on any atom is -0.433 e. The predicted molar refractivity (Wildman–Crippen MR) is 69.0 cm³/mol. The number of esters is 1. The molecule has 0 aromatic heterocycles. The van der Waals surface area contributed by atoms with Crippen LogP contribution in [-0.2, 0) is 16.0 Å². The summed E-state index contributed by atoms with van der Waals surface area (Å²) in [5.41, 5.74) is 1.75. The number of ether oxygens (including phenoxy) is 1. The fourth-order valence-corrected chi connectivity index (χ4v) is 3.05. The molecule has 0 amide bonds. The van der Waals surface area contributed by atoms with Crippen molar-refractivity contribution < 1.29 is 19.0 Å². The lowest BCUT2D eigenvalue weighted by atomic mass is 9.72. The van der Waals surface area contributed by atoms with E-state index in [9.17, 15) is 14.3 Å². The van der Waals surface area contributed by atoms with E-state index in [-0.39, 0.29) is 17.7 Å². The highest BCUT2D eigenvalue weighted by atomic mass is 19.1. The van der Waals surface area contributed by atoms with Crippen LogP contribution in [0.5, 0.6) is 0 Å². The molecular formula is C15H19FO3. The summed E-state index contributed by atoms with van der Waals surface area (Å²) in [7, 11) is 0. The Morgan fingerprint density at radius 2 is 2.21 bits per heavy atom. The Hall–Kier alpha value is -1.42. The van der Waals surface area contributed by atoms with E-state index in [0.717, 1.165) is 11.1 Å². The second kappa shape index (κ2) is 4.93. The minimum absolute atomic E-state index is 0.0776. The zero-order valence-corrected chi connectivity index (χ0v) is 11.4. The third-order valence-corrected chi connectivity index (χ3v) is 3.67. The number of carbonyl (C=O) groups excluding carboxylic acids is 1. The standard InChI is InChI=1S/C15H19FO3/c1-9(2)14-13-5-4-12(16)8-11(13)6-7-15(14,18)19-10(3)17/h4-5,8-9,14,18H,6-7H2,1-3H3. The van der Waals surface area contributed by atoms with Crippen molar-refractivity contribution in [3.63, 3.8) is 0 Å². The van der Waals surface area contributed by atoms with Crippen LogP contribution in [0.15, 0.2) is 18.2 Å². The SMILES string of the molecule is CC(=O)OC1(O)CCc2cc(F)ccc2C1C(C)C. The summed E-state index contributed by atoms with van der Waals surface area (Å²) in [6, 6.07) is 4.56. The van der Waals surface area contributed by atoms with Crippen LogP contribution in [0.3, 0.4) is 0 Å². The minimum atomic E-state index is -1.50. The lowest BCUT2D eigenvalue weighted by Gasteiger charge is -2.42. The lowest BCUT2D eigenvalue weighted by molar-refractivity contribution is -0.227. The maximum Gasteiger partial charge on any atom is 0.305 e. The van der Waals surface area contributed by atoms with Crippen LogP contribution in [0.4, 0.5) is 4.39 Å². The van der Waals surface area contributed by atoms with Gasteiger partial charge in [0, 0.05) is 13.3 Å². The molecule has 2 rings (SSSR count). The highest BCUT2D eigenvalue weighted by Gasteiger charge is 2.46. The van der Waals surface area contributed by atoms with Crippen molar-refractivity contribution in [1.29, 1.82) is 0 Å². The van der Waals surface area contributed by atoms with Crippen molar-refractivity contribution in [2.45, 2.75) is 45.3 Å². The molecule has 1 N–H and O–H groups in total. The first-order chi connectivity index (χ1) is 8.83. The number of hydrogen-bond donors (Lipinski definition) is 1. The molecule has 2 atom stereocenters. The molecule has 3 nitrogen and oxygen atoms in total. The van der Waals surface area contributed by atoms with Crippen LogP contribution in [0.25, 0.3) is 0 Å². The number of halogens is 1. The molecule has 0 heterocycles. The number of benzene rings is 1. The summed E-state index contributed by atoms with van der Waals surface area (Å²) in [6.07, 6.45) is 0.798. The zero-order chi connectivity index (χ0) is 14.2. The van der Waals surface area contributed by atoms with Gasteiger partial charge in [-0.15, -0.1) is 0 Å². The molecule has 0 spiro atoms. The van der Waals surface area contributed by atoms with Crippen molar-refractivity contribution in [3.8, 4) is 0 Å². The van der Waals surface area contributed by atoms with Gasteiger partial charge in [0.05, 0.1) is 5.92 Å². The first kappa shape index (κ1) is 14.0. The Balaban J connectivity index is 2.46. The largest absolute Gasteiger partial charge is 0.433 e. The van der Waals surface area contributed by atoms with Crippen molar-refractivity contribution in [1.82, 2.24) is 0 Å². The third kappa shape index (κ3) is 2.63. The van der Waals surface area contributed by atoms with Crippen LogP contribution in [-0.4, -0.2) is 16.9 Å². The fourth-order valence-electron chi connectivity index (χ4n) is 3.05. The maximum absolute atomic E-state index is 13.3. The summed E-state index contributed by atoms with van der Waals surface area (Å²) in [5, 5.41) is 10.7. The number of aliphatic hydroxyl groups is 1. The third-order valence-electron chi connectivity index (χ3n) is 3.67. The van der Waals surface area contributed by atoms with Crippen LogP contribution >= 0.6 is 0 Å². The van der Waals surface area contributed by atoms with Crippen LogP contribution in [0.1, 0.15) is 44.2 Å². The van der Waals surface area contributed by atoms with Gasteiger partial charge in [-0.25, -0.2) is 4.39 Å². The number of aryl methyl sites for hydroxylation is 1. The van der Waals surface area contributed by atoms with Crippen LogP contribution in [0, 0.1) is 11.7 Å². The Bertz CT molecular complexity index is 498. The first-order valence-corrected chi connectivity index (χ1v) is 6.54. The van der Waals surface area contributed by atoms with Crippen molar-refractivity contribution >= 4 is 5.97 Å². The molecule has 4 heteroatoms. The molecule has 0 saturated heterocycles. The molecule has 0 radical (unpaired) electrons. The normalized spacial score (nSPS) is 26.1. The van der Waals surface area contributed by atoms with Gasteiger partial charge in [0.15, 0.2) is 0 Å². The van der Waals surface area contributed by atoms with Crippen molar-refractivity contribution in [2.75, 3.05) is 0 Å². The number of hydrogen-bond acceptors (Lipinski definition) is 3. The molecule has 1 aliphatic rings. The molecule has 19 heavy (non-hydrogen) atoms. The molecule has 1 aromatic rings. The molecule has 1 aromatic carbocycles. The fraction of sp³-hybridized carbons (Fsp3) is 0.533.